The molecule has 0 spiro atoms. The first-order valence-corrected chi connectivity index (χ1v) is 3.81. The van der Waals surface area contributed by atoms with Crippen molar-refractivity contribution >= 4 is 21.7 Å². The fourth-order valence-corrected chi connectivity index (χ4v) is 0.672. The number of ketones is 1. The van der Waals surface area contributed by atoms with E-state index in [1.165, 1.54) is 19.1 Å². The van der Waals surface area contributed by atoms with Gasteiger partial charge < -0.3 is 5.11 Å². The molecule has 0 saturated heterocycles. The van der Waals surface area contributed by atoms with Crippen molar-refractivity contribution in [1.82, 2.24) is 0 Å². The van der Waals surface area contributed by atoms with Crippen molar-refractivity contribution in [2.75, 3.05) is 0 Å². The Kier molecular flexibility index (Phi) is 5.47. The van der Waals surface area contributed by atoms with E-state index >= 15 is 0 Å². The van der Waals surface area contributed by atoms with Crippen molar-refractivity contribution in [3.05, 3.63) is 35.0 Å². The zero-order valence-corrected chi connectivity index (χ0v) is 7.71. The molecule has 60 valence electrons. The van der Waals surface area contributed by atoms with Crippen molar-refractivity contribution in [3.63, 3.8) is 0 Å². The molecule has 0 rings (SSSR count). The predicted molar refractivity (Wildman–Crippen MR) is 48.6 cm³/mol. The van der Waals surface area contributed by atoms with Gasteiger partial charge in [-0.1, -0.05) is 15.9 Å². The van der Waals surface area contributed by atoms with Gasteiger partial charge >= 0.3 is 0 Å². The van der Waals surface area contributed by atoms with Gasteiger partial charge in [-0.05, 0) is 31.2 Å². The molecule has 0 fully saturated rings. The Labute approximate surface area is 74.0 Å². The summed E-state index contributed by atoms with van der Waals surface area (Å²) in [6.07, 6.45) is 7.05. The molecule has 0 aromatic carbocycles. The van der Waals surface area contributed by atoms with Crippen LogP contribution >= 0.6 is 15.9 Å². The van der Waals surface area contributed by atoms with E-state index in [0.29, 0.717) is 0 Å². The molecular weight excluding hydrogens is 208 g/mol. The second-order valence-electron chi connectivity index (χ2n) is 1.84. The maximum absolute atomic E-state index is 10.4. The Hall–Kier alpha value is -0.830. The van der Waals surface area contributed by atoms with E-state index in [9.17, 15) is 4.79 Å². The van der Waals surface area contributed by atoms with E-state index in [4.69, 9.17) is 5.11 Å². The standard InChI is InChI=1S/C8H9BrO2/c1-7(11)4-5-8(9)3-2-6-10/h2-6,10H,1H3/b5-4+,6-2+,8-3+. The van der Waals surface area contributed by atoms with Crippen LogP contribution in [-0.4, -0.2) is 10.9 Å². The minimum absolute atomic E-state index is 0.0108. The Morgan fingerprint density at radius 2 is 2.09 bits per heavy atom. The Morgan fingerprint density at radius 1 is 1.45 bits per heavy atom. The van der Waals surface area contributed by atoms with E-state index in [2.05, 4.69) is 15.9 Å². The molecule has 0 unspecified atom stereocenters. The highest BCUT2D eigenvalue weighted by atomic mass is 79.9. The Morgan fingerprint density at radius 3 is 2.55 bits per heavy atom. The third-order valence-electron chi connectivity index (χ3n) is 0.819. The van der Waals surface area contributed by atoms with E-state index in [-0.39, 0.29) is 5.78 Å². The zero-order chi connectivity index (χ0) is 8.69. The molecule has 0 aliphatic heterocycles. The van der Waals surface area contributed by atoms with Crippen LogP contribution in [0.1, 0.15) is 6.92 Å². The maximum atomic E-state index is 10.4. The summed E-state index contributed by atoms with van der Waals surface area (Å²) < 4.78 is 0.734. The number of aliphatic hydroxyl groups excluding tert-OH is 1. The minimum atomic E-state index is -0.0108. The summed E-state index contributed by atoms with van der Waals surface area (Å²) in [7, 11) is 0. The van der Waals surface area contributed by atoms with Crippen LogP contribution in [0.15, 0.2) is 35.0 Å². The van der Waals surface area contributed by atoms with E-state index in [1.54, 1.807) is 12.2 Å². The monoisotopic (exact) mass is 216 g/mol. The van der Waals surface area contributed by atoms with Gasteiger partial charge in [-0.2, -0.15) is 0 Å². The molecule has 2 nitrogen and oxygen atoms in total. The summed E-state index contributed by atoms with van der Waals surface area (Å²) in [5.74, 6) is -0.0108. The number of halogens is 1. The number of rotatable bonds is 3. The molecule has 0 heterocycles. The largest absolute Gasteiger partial charge is 0.516 e. The number of aliphatic hydroxyl groups is 1. The van der Waals surface area contributed by atoms with Crippen molar-refractivity contribution in [1.29, 1.82) is 0 Å². The first-order valence-electron chi connectivity index (χ1n) is 3.02. The van der Waals surface area contributed by atoms with Gasteiger partial charge in [0.2, 0.25) is 0 Å². The van der Waals surface area contributed by atoms with Gasteiger partial charge in [0, 0.05) is 4.48 Å². The highest BCUT2D eigenvalue weighted by molar-refractivity contribution is 9.11. The number of allylic oxidation sites excluding steroid dienone is 5. The van der Waals surface area contributed by atoms with Crippen molar-refractivity contribution in [3.8, 4) is 0 Å². The minimum Gasteiger partial charge on any atom is -0.516 e. The molecule has 0 radical (unpaired) electrons. The van der Waals surface area contributed by atoms with Gasteiger partial charge in [0.1, 0.15) is 0 Å². The van der Waals surface area contributed by atoms with Gasteiger partial charge in [-0.25, -0.2) is 0 Å². The van der Waals surface area contributed by atoms with Crippen LogP contribution in [0.5, 0.6) is 0 Å². The van der Waals surface area contributed by atoms with Crippen LogP contribution in [-0.2, 0) is 4.79 Å². The average molecular weight is 217 g/mol. The highest BCUT2D eigenvalue weighted by Crippen LogP contribution is 2.06. The second-order valence-corrected chi connectivity index (χ2v) is 2.75. The lowest BCUT2D eigenvalue weighted by Crippen LogP contribution is -1.78. The summed E-state index contributed by atoms with van der Waals surface area (Å²) >= 11 is 3.17. The van der Waals surface area contributed by atoms with Crippen molar-refractivity contribution < 1.29 is 9.90 Å². The summed E-state index contributed by atoms with van der Waals surface area (Å²) in [4.78, 5) is 10.4. The average Bonchev–Trinajstić information content (AvgIpc) is 1.97. The molecular formula is C8H9BrO2. The van der Waals surface area contributed by atoms with E-state index in [1.807, 2.05) is 0 Å². The maximum Gasteiger partial charge on any atom is 0.152 e. The van der Waals surface area contributed by atoms with Gasteiger partial charge in [0.25, 0.3) is 0 Å². The van der Waals surface area contributed by atoms with Crippen LogP contribution in [0.2, 0.25) is 0 Å². The zero-order valence-electron chi connectivity index (χ0n) is 6.12. The predicted octanol–water partition coefficient (Wildman–Crippen LogP) is 2.48. The Balaban J connectivity index is 4.05. The van der Waals surface area contributed by atoms with Gasteiger partial charge in [0.15, 0.2) is 5.78 Å². The third-order valence-corrected chi connectivity index (χ3v) is 1.35. The number of hydrogen-bond acceptors (Lipinski definition) is 2. The van der Waals surface area contributed by atoms with Crippen LogP contribution in [0.3, 0.4) is 0 Å². The lowest BCUT2D eigenvalue weighted by atomic mass is 10.3. The fourth-order valence-electron chi connectivity index (χ4n) is 0.387. The molecule has 0 aliphatic carbocycles. The molecule has 0 aromatic rings. The molecule has 1 N–H and O–H groups in total. The summed E-state index contributed by atoms with van der Waals surface area (Å²) in [5, 5.41) is 8.26. The number of carbonyl (C=O) groups excluding carboxylic acids is 1. The molecule has 11 heavy (non-hydrogen) atoms. The summed E-state index contributed by atoms with van der Waals surface area (Å²) in [6.45, 7) is 1.47. The summed E-state index contributed by atoms with van der Waals surface area (Å²) in [5.41, 5.74) is 0. The first kappa shape index (κ1) is 10.2. The second kappa shape index (κ2) is 5.92. The normalized spacial score (nSPS) is 13.1. The molecule has 0 aliphatic rings. The SMILES string of the molecule is CC(=O)/C=C/C(Br)=C\C=C\O. The topological polar surface area (TPSA) is 37.3 Å². The van der Waals surface area contributed by atoms with Crippen molar-refractivity contribution in [2.24, 2.45) is 0 Å². The van der Waals surface area contributed by atoms with E-state index in [0.717, 1.165) is 10.7 Å². The first-order chi connectivity index (χ1) is 5.16. The summed E-state index contributed by atoms with van der Waals surface area (Å²) in [6, 6.07) is 0. The third kappa shape index (κ3) is 7.06. The number of hydrogen-bond donors (Lipinski definition) is 1. The molecule has 0 saturated carbocycles. The quantitative estimate of drug-likeness (QED) is 0.448. The lowest BCUT2D eigenvalue weighted by Gasteiger charge is -1.83. The Bertz CT molecular complexity index is 214. The molecule has 0 aromatic heterocycles. The smallest absolute Gasteiger partial charge is 0.152 e. The molecule has 0 amide bonds. The van der Waals surface area contributed by atoms with Crippen molar-refractivity contribution in [2.45, 2.75) is 6.92 Å². The van der Waals surface area contributed by atoms with Crippen LogP contribution < -0.4 is 0 Å². The lowest BCUT2D eigenvalue weighted by molar-refractivity contribution is -0.112. The van der Waals surface area contributed by atoms with Gasteiger partial charge in [0.05, 0.1) is 6.26 Å². The molecule has 0 atom stereocenters. The molecule has 3 heteroatoms. The number of carbonyl (C=O) groups is 1. The van der Waals surface area contributed by atoms with Crippen LogP contribution in [0.4, 0.5) is 0 Å². The van der Waals surface area contributed by atoms with Gasteiger partial charge in [-0.15, -0.1) is 0 Å². The highest BCUT2D eigenvalue weighted by Gasteiger charge is 1.83. The van der Waals surface area contributed by atoms with E-state index < -0.39 is 0 Å². The molecule has 0 bridgehead atoms. The van der Waals surface area contributed by atoms with Crippen LogP contribution in [0.25, 0.3) is 0 Å². The van der Waals surface area contributed by atoms with Gasteiger partial charge in [-0.3, -0.25) is 4.79 Å². The fraction of sp³-hybridized carbons (Fsp3) is 0.125. The van der Waals surface area contributed by atoms with Crippen LogP contribution in [0, 0.1) is 0 Å².